The highest BCUT2D eigenvalue weighted by atomic mass is 16.6. The minimum Gasteiger partial charge on any atom is -0.489 e. The summed E-state index contributed by atoms with van der Waals surface area (Å²) in [5.74, 6) is -0.234. The molecule has 0 aliphatic carbocycles. The molecule has 2 N–H and O–H groups in total. The topological polar surface area (TPSA) is 103 Å². The van der Waals surface area contributed by atoms with Crippen LogP contribution >= 0.6 is 0 Å². The summed E-state index contributed by atoms with van der Waals surface area (Å²) in [4.78, 5) is 39.1. The Hall–Kier alpha value is -5.11. The van der Waals surface area contributed by atoms with E-state index < -0.39 is 29.7 Å². The average Bonchev–Trinajstić information content (AvgIpc) is 3.03. The van der Waals surface area contributed by atoms with Crippen LogP contribution < -0.4 is 15.4 Å². The van der Waals surface area contributed by atoms with E-state index in [1.807, 2.05) is 91.0 Å². The number of alkyl carbamates (subject to hydrolysis) is 1. The standard InChI is InChI=1S/C37H40N2O6/c1-37(2,3)45-36(42)39-33(24-28-19-21-32(22-20-28)43-25-29-15-9-5-10-16-29)35(41)44-26-31(23-27-13-7-4-8-14-27)38-34(40)30-17-11-6-12-18-30/h4-22,31,33H,23-26H2,1-3H3,(H,38,40)(H,39,42)/t31-,33-/m1/s1. The molecule has 0 spiro atoms. The first-order valence-corrected chi connectivity index (χ1v) is 15.0. The quantitative estimate of drug-likeness (QED) is 0.173. The zero-order chi connectivity index (χ0) is 32.1. The normalized spacial score (nSPS) is 12.3. The predicted molar refractivity (Wildman–Crippen MR) is 173 cm³/mol. The molecule has 0 aromatic heterocycles. The van der Waals surface area contributed by atoms with Crippen molar-refractivity contribution in [2.75, 3.05) is 6.61 Å². The Bertz CT molecular complexity index is 1500. The molecule has 8 nitrogen and oxygen atoms in total. The fourth-order valence-corrected chi connectivity index (χ4v) is 4.53. The second-order valence-electron chi connectivity index (χ2n) is 11.7. The van der Waals surface area contributed by atoms with Gasteiger partial charge in [-0.3, -0.25) is 4.79 Å². The van der Waals surface area contributed by atoms with Gasteiger partial charge in [-0.1, -0.05) is 91.0 Å². The Morgan fingerprint density at radius 3 is 1.82 bits per heavy atom. The number of esters is 1. The predicted octanol–water partition coefficient (Wildman–Crippen LogP) is 6.29. The molecule has 0 fully saturated rings. The van der Waals surface area contributed by atoms with Gasteiger partial charge < -0.3 is 24.8 Å². The monoisotopic (exact) mass is 608 g/mol. The Morgan fingerprint density at radius 1 is 0.667 bits per heavy atom. The number of carbonyl (C=O) groups is 3. The lowest BCUT2D eigenvalue weighted by atomic mass is 10.0. The Balaban J connectivity index is 1.44. The van der Waals surface area contributed by atoms with E-state index in [0.29, 0.717) is 24.3 Å². The molecular weight excluding hydrogens is 568 g/mol. The lowest BCUT2D eigenvalue weighted by molar-refractivity contribution is -0.146. The molecule has 0 saturated heterocycles. The third-order valence-electron chi connectivity index (χ3n) is 6.71. The zero-order valence-corrected chi connectivity index (χ0v) is 25.9. The van der Waals surface area contributed by atoms with E-state index in [1.54, 1.807) is 45.0 Å². The molecular formula is C37H40N2O6. The average molecular weight is 609 g/mol. The van der Waals surface area contributed by atoms with E-state index in [-0.39, 0.29) is 18.9 Å². The van der Waals surface area contributed by atoms with E-state index in [2.05, 4.69) is 10.6 Å². The molecule has 0 heterocycles. The highest BCUT2D eigenvalue weighted by molar-refractivity contribution is 5.94. The largest absolute Gasteiger partial charge is 0.489 e. The molecule has 0 aliphatic heterocycles. The van der Waals surface area contributed by atoms with Gasteiger partial charge in [-0.2, -0.15) is 0 Å². The second kappa shape index (κ2) is 16.1. The maximum Gasteiger partial charge on any atom is 0.408 e. The van der Waals surface area contributed by atoms with Crippen LogP contribution in [0.25, 0.3) is 0 Å². The van der Waals surface area contributed by atoms with Crippen molar-refractivity contribution in [2.24, 2.45) is 0 Å². The zero-order valence-electron chi connectivity index (χ0n) is 25.9. The lowest BCUT2D eigenvalue weighted by Gasteiger charge is -2.24. The van der Waals surface area contributed by atoms with E-state index >= 15 is 0 Å². The summed E-state index contributed by atoms with van der Waals surface area (Å²) in [5.41, 5.74) is 2.57. The smallest absolute Gasteiger partial charge is 0.408 e. The van der Waals surface area contributed by atoms with Gasteiger partial charge in [-0.25, -0.2) is 9.59 Å². The van der Waals surface area contributed by atoms with Crippen LogP contribution in [0.4, 0.5) is 4.79 Å². The fourth-order valence-electron chi connectivity index (χ4n) is 4.53. The van der Waals surface area contributed by atoms with Crippen molar-refractivity contribution in [3.05, 3.63) is 138 Å². The van der Waals surface area contributed by atoms with E-state index in [9.17, 15) is 14.4 Å². The number of hydrogen-bond donors (Lipinski definition) is 2. The molecule has 4 rings (SSSR count). The second-order valence-corrected chi connectivity index (χ2v) is 11.7. The van der Waals surface area contributed by atoms with Gasteiger partial charge in [0.2, 0.25) is 0 Å². The summed E-state index contributed by atoms with van der Waals surface area (Å²) in [6.07, 6.45) is -0.122. The maximum atomic E-state index is 13.5. The van der Waals surface area contributed by atoms with Crippen molar-refractivity contribution in [3.63, 3.8) is 0 Å². The van der Waals surface area contributed by atoms with Crippen LogP contribution in [0.1, 0.15) is 47.8 Å². The minimum atomic E-state index is -1.03. The van der Waals surface area contributed by atoms with Crippen LogP contribution in [0, 0.1) is 0 Å². The number of rotatable bonds is 13. The first kappa shape index (κ1) is 32.8. The van der Waals surface area contributed by atoms with Crippen LogP contribution in [0.2, 0.25) is 0 Å². The van der Waals surface area contributed by atoms with Crippen LogP contribution in [0.3, 0.4) is 0 Å². The number of nitrogens with one attached hydrogen (secondary N) is 2. The minimum absolute atomic E-state index is 0.0922. The molecule has 8 heteroatoms. The van der Waals surface area contributed by atoms with Crippen LogP contribution in [-0.4, -0.2) is 42.3 Å². The van der Waals surface area contributed by atoms with Crippen LogP contribution in [0.5, 0.6) is 5.75 Å². The molecule has 0 unspecified atom stereocenters. The summed E-state index contributed by atoms with van der Waals surface area (Å²) >= 11 is 0. The number of carbonyl (C=O) groups excluding carboxylic acids is 3. The molecule has 2 amide bonds. The van der Waals surface area contributed by atoms with Crippen molar-refractivity contribution >= 4 is 18.0 Å². The van der Waals surface area contributed by atoms with Crippen molar-refractivity contribution in [1.29, 1.82) is 0 Å². The first-order chi connectivity index (χ1) is 21.6. The summed E-state index contributed by atoms with van der Waals surface area (Å²) in [7, 11) is 0. The summed E-state index contributed by atoms with van der Waals surface area (Å²) in [6.45, 7) is 5.58. The highest BCUT2D eigenvalue weighted by Gasteiger charge is 2.27. The molecule has 0 bridgehead atoms. The van der Waals surface area contributed by atoms with Gasteiger partial charge in [0.15, 0.2) is 0 Å². The van der Waals surface area contributed by atoms with Crippen molar-refractivity contribution in [3.8, 4) is 5.75 Å². The molecule has 0 aliphatic rings. The molecule has 0 radical (unpaired) electrons. The number of benzene rings is 4. The lowest BCUT2D eigenvalue weighted by Crippen LogP contribution is -2.47. The molecule has 45 heavy (non-hydrogen) atoms. The number of amides is 2. The maximum absolute atomic E-state index is 13.5. The van der Waals surface area contributed by atoms with E-state index in [0.717, 1.165) is 16.7 Å². The summed E-state index contributed by atoms with van der Waals surface area (Å²) < 4.78 is 17.0. The molecule has 234 valence electrons. The SMILES string of the molecule is CC(C)(C)OC(=O)N[C@H](Cc1ccc(OCc2ccccc2)cc1)C(=O)OC[C@@H](Cc1ccccc1)NC(=O)c1ccccc1. The Morgan fingerprint density at radius 2 is 1.22 bits per heavy atom. The number of ether oxygens (including phenoxy) is 3. The molecule has 4 aromatic carbocycles. The highest BCUT2D eigenvalue weighted by Crippen LogP contribution is 2.17. The van der Waals surface area contributed by atoms with E-state index in [4.69, 9.17) is 14.2 Å². The summed E-state index contributed by atoms with van der Waals surface area (Å²) in [6, 6.07) is 34.1. The van der Waals surface area contributed by atoms with Crippen LogP contribution in [-0.2, 0) is 33.7 Å². The molecule has 4 aromatic rings. The van der Waals surface area contributed by atoms with Gasteiger partial charge in [0.25, 0.3) is 5.91 Å². The Kier molecular flexibility index (Phi) is 11.7. The van der Waals surface area contributed by atoms with Gasteiger partial charge in [-0.05, 0) is 68.1 Å². The van der Waals surface area contributed by atoms with Crippen molar-refractivity contribution in [1.82, 2.24) is 10.6 Å². The third-order valence-corrected chi connectivity index (χ3v) is 6.71. The third kappa shape index (κ3) is 11.5. The van der Waals surface area contributed by atoms with Gasteiger partial charge in [0, 0.05) is 12.0 Å². The van der Waals surface area contributed by atoms with Gasteiger partial charge >= 0.3 is 12.1 Å². The number of hydrogen-bond acceptors (Lipinski definition) is 6. The Labute approximate surface area is 264 Å². The van der Waals surface area contributed by atoms with Crippen molar-refractivity contribution < 1.29 is 28.6 Å². The molecule has 2 atom stereocenters. The van der Waals surface area contributed by atoms with Gasteiger partial charge in [0.1, 0.15) is 30.6 Å². The van der Waals surface area contributed by atoms with Gasteiger partial charge in [0.05, 0.1) is 6.04 Å². The van der Waals surface area contributed by atoms with E-state index in [1.165, 1.54) is 0 Å². The molecule has 0 saturated carbocycles. The van der Waals surface area contributed by atoms with Gasteiger partial charge in [-0.15, -0.1) is 0 Å². The first-order valence-electron chi connectivity index (χ1n) is 15.0. The van der Waals surface area contributed by atoms with Crippen molar-refractivity contribution in [2.45, 2.75) is 57.9 Å². The summed E-state index contributed by atoms with van der Waals surface area (Å²) in [5, 5.41) is 5.65. The fraction of sp³-hybridized carbons (Fsp3) is 0.270. The van der Waals surface area contributed by atoms with Crippen LogP contribution in [0.15, 0.2) is 115 Å².